The lowest BCUT2D eigenvalue weighted by molar-refractivity contribution is -0.127. The predicted molar refractivity (Wildman–Crippen MR) is 142 cm³/mol. The van der Waals surface area contributed by atoms with E-state index >= 15 is 0 Å². The van der Waals surface area contributed by atoms with Gasteiger partial charge in [0.1, 0.15) is 24.7 Å². The Morgan fingerprint density at radius 3 is 2.69 bits per heavy atom. The number of hydrogen-bond donors (Lipinski definition) is 1. The predicted octanol–water partition coefficient (Wildman–Crippen LogP) is 6.80. The number of amides is 3. The van der Waals surface area contributed by atoms with E-state index in [1.165, 1.54) is 12.1 Å². The van der Waals surface area contributed by atoms with Crippen molar-refractivity contribution in [1.29, 1.82) is 0 Å². The first-order valence-corrected chi connectivity index (χ1v) is 12.7. The van der Waals surface area contributed by atoms with E-state index < -0.39 is 23.6 Å². The van der Waals surface area contributed by atoms with Gasteiger partial charge in [0.05, 0.1) is 4.91 Å². The zero-order chi connectivity index (χ0) is 25.8. The minimum absolute atomic E-state index is 0.0141. The van der Waals surface area contributed by atoms with Crippen molar-refractivity contribution < 1.29 is 23.5 Å². The van der Waals surface area contributed by atoms with E-state index in [4.69, 9.17) is 16.3 Å². The Morgan fingerprint density at radius 1 is 1.17 bits per heavy atom. The summed E-state index contributed by atoms with van der Waals surface area (Å²) in [6, 6.07) is 16.5. The first kappa shape index (κ1) is 25.9. The fraction of sp³-hybridized carbons (Fsp3) is 0.115. The number of carbonyl (C=O) groups is 3. The molecule has 1 fully saturated rings. The first-order chi connectivity index (χ1) is 17.2. The fourth-order valence-electron chi connectivity index (χ4n) is 3.33. The molecule has 0 radical (unpaired) electrons. The molecule has 184 valence electrons. The average Bonchev–Trinajstić information content (AvgIpc) is 3.09. The van der Waals surface area contributed by atoms with Gasteiger partial charge >= 0.3 is 0 Å². The van der Waals surface area contributed by atoms with Crippen LogP contribution in [0.1, 0.15) is 16.7 Å². The van der Waals surface area contributed by atoms with Crippen molar-refractivity contribution in [2.45, 2.75) is 13.5 Å². The van der Waals surface area contributed by atoms with Crippen LogP contribution in [0.25, 0.3) is 6.08 Å². The van der Waals surface area contributed by atoms with Gasteiger partial charge in [-0.3, -0.25) is 19.3 Å². The van der Waals surface area contributed by atoms with Gasteiger partial charge in [-0.2, -0.15) is 0 Å². The molecule has 1 aliphatic heterocycles. The van der Waals surface area contributed by atoms with Crippen LogP contribution < -0.4 is 10.1 Å². The number of rotatable bonds is 7. The summed E-state index contributed by atoms with van der Waals surface area (Å²) in [5.74, 6) is -1.11. The van der Waals surface area contributed by atoms with Crippen molar-refractivity contribution in [3.63, 3.8) is 0 Å². The van der Waals surface area contributed by atoms with Crippen molar-refractivity contribution in [2.75, 3.05) is 11.9 Å². The molecule has 1 aliphatic rings. The van der Waals surface area contributed by atoms with Crippen molar-refractivity contribution in [3.8, 4) is 5.75 Å². The third-order valence-electron chi connectivity index (χ3n) is 5.23. The lowest BCUT2D eigenvalue weighted by Crippen LogP contribution is -2.36. The first-order valence-electron chi connectivity index (χ1n) is 10.7. The molecule has 0 bridgehead atoms. The van der Waals surface area contributed by atoms with Crippen LogP contribution in [0.4, 0.5) is 14.9 Å². The van der Waals surface area contributed by atoms with Crippen LogP contribution in [0.5, 0.6) is 5.75 Å². The number of thioether (sulfide) groups is 1. The maximum atomic E-state index is 14.0. The lowest BCUT2D eigenvalue weighted by Gasteiger charge is -2.13. The molecular weight excluding hydrogens is 571 g/mol. The quantitative estimate of drug-likeness (QED) is 0.307. The van der Waals surface area contributed by atoms with Crippen molar-refractivity contribution in [2.24, 2.45) is 0 Å². The number of nitrogens with one attached hydrogen (secondary N) is 1. The number of hydrogen-bond acceptors (Lipinski definition) is 5. The third kappa shape index (κ3) is 6.16. The normalized spacial score (nSPS) is 14.4. The minimum Gasteiger partial charge on any atom is -0.488 e. The van der Waals surface area contributed by atoms with Crippen molar-refractivity contribution in [3.05, 3.63) is 97.6 Å². The lowest BCUT2D eigenvalue weighted by atomic mass is 10.1. The second-order valence-corrected chi connectivity index (χ2v) is 10.2. The average molecular weight is 590 g/mol. The summed E-state index contributed by atoms with van der Waals surface area (Å²) in [6.45, 7) is 1.38. The van der Waals surface area contributed by atoms with Gasteiger partial charge in [0.2, 0.25) is 5.91 Å². The second-order valence-electron chi connectivity index (χ2n) is 7.84. The highest BCUT2D eigenvalue weighted by molar-refractivity contribution is 9.10. The van der Waals surface area contributed by atoms with Crippen molar-refractivity contribution in [1.82, 2.24) is 4.90 Å². The number of ether oxygens (including phenoxy) is 1. The summed E-state index contributed by atoms with van der Waals surface area (Å²) in [4.78, 5) is 39.0. The largest absolute Gasteiger partial charge is 0.488 e. The molecule has 3 aromatic rings. The van der Waals surface area contributed by atoms with E-state index in [0.29, 0.717) is 27.6 Å². The number of anilines is 1. The van der Waals surface area contributed by atoms with Crippen LogP contribution >= 0.6 is 39.3 Å². The van der Waals surface area contributed by atoms with Gasteiger partial charge in [-0.15, -0.1) is 0 Å². The number of imide groups is 1. The molecule has 0 aliphatic carbocycles. The van der Waals surface area contributed by atoms with Gasteiger partial charge in [-0.25, -0.2) is 4.39 Å². The molecule has 3 aromatic carbocycles. The zero-order valence-electron chi connectivity index (χ0n) is 18.9. The Balaban J connectivity index is 1.48. The molecule has 1 saturated heterocycles. The summed E-state index contributed by atoms with van der Waals surface area (Å²) in [5, 5.41) is 2.57. The molecule has 36 heavy (non-hydrogen) atoms. The number of aryl methyl sites for hydroxylation is 1. The third-order valence-corrected chi connectivity index (χ3v) is 7.04. The van der Waals surface area contributed by atoms with E-state index in [2.05, 4.69) is 21.2 Å². The highest BCUT2D eigenvalue weighted by atomic mass is 79.9. The number of benzene rings is 3. The topological polar surface area (TPSA) is 75.7 Å². The Kier molecular flexibility index (Phi) is 8.13. The summed E-state index contributed by atoms with van der Waals surface area (Å²) in [5.41, 5.74) is 2.22. The van der Waals surface area contributed by atoms with Gasteiger partial charge in [0.25, 0.3) is 11.1 Å². The zero-order valence-corrected chi connectivity index (χ0v) is 22.0. The smallest absolute Gasteiger partial charge is 0.294 e. The Hall–Kier alpha value is -3.14. The maximum absolute atomic E-state index is 14.0. The second kappa shape index (κ2) is 11.3. The molecule has 10 heteroatoms. The number of nitrogens with zero attached hydrogens (tertiary/aromatic N) is 1. The molecule has 4 rings (SSSR count). The van der Waals surface area contributed by atoms with Crippen LogP contribution in [-0.2, 0) is 16.2 Å². The molecule has 0 spiro atoms. The molecule has 1 heterocycles. The number of carbonyl (C=O) groups excluding carboxylic acids is 3. The Labute approximate surface area is 224 Å². The standard InChI is InChI=1S/C26H19BrClFN2O4S/c1-15-6-8-19(12-20(15)28)30-24(32)13-31-25(33)23(36-26(31)34)11-17-10-18(27)7-9-22(17)35-14-16-4-2-3-5-21(16)29/h2-12H,13-14H2,1H3,(H,30,32)/b23-11-. The molecular formula is C26H19BrClFN2O4S. The van der Waals surface area contributed by atoms with Crippen LogP contribution in [0.15, 0.2) is 70.0 Å². The van der Waals surface area contributed by atoms with E-state index in [9.17, 15) is 18.8 Å². The molecule has 0 atom stereocenters. The van der Waals surface area contributed by atoms with Gasteiger partial charge < -0.3 is 10.1 Å². The van der Waals surface area contributed by atoms with Gasteiger partial charge in [0, 0.05) is 26.3 Å². The summed E-state index contributed by atoms with van der Waals surface area (Å²) in [6.07, 6.45) is 1.52. The Morgan fingerprint density at radius 2 is 1.94 bits per heavy atom. The molecule has 6 nitrogen and oxygen atoms in total. The molecule has 0 unspecified atom stereocenters. The monoisotopic (exact) mass is 588 g/mol. The molecule has 0 saturated carbocycles. The summed E-state index contributed by atoms with van der Waals surface area (Å²) in [7, 11) is 0. The van der Waals surface area contributed by atoms with E-state index in [1.54, 1.807) is 54.6 Å². The van der Waals surface area contributed by atoms with Gasteiger partial charge in [0.15, 0.2) is 0 Å². The molecule has 0 aromatic heterocycles. The highest BCUT2D eigenvalue weighted by Gasteiger charge is 2.36. The van der Waals surface area contributed by atoms with Crippen LogP contribution in [0.2, 0.25) is 5.02 Å². The fourth-order valence-corrected chi connectivity index (χ4v) is 4.72. The van der Waals surface area contributed by atoms with Gasteiger partial charge in [-0.1, -0.05) is 51.8 Å². The maximum Gasteiger partial charge on any atom is 0.294 e. The summed E-state index contributed by atoms with van der Waals surface area (Å²) < 4.78 is 20.5. The minimum atomic E-state index is -0.595. The molecule has 1 N–H and O–H groups in total. The SMILES string of the molecule is Cc1ccc(NC(=O)CN2C(=O)S/C(=C\c3cc(Br)ccc3OCc3ccccc3F)C2=O)cc1Cl. The van der Waals surface area contributed by atoms with E-state index in [0.717, 1.165) is 26.7 Å². The van der Waals surface area contributed by atoms with E-state index in [1.807, 2.05) is 6.92 Å². The van der Waals surface area contributed by atoms with Crippen LogP contribution in [0.3, 0.4) is 0 Å². The van der Waals surface area contributed by atoms with Crippen LogP contribution in [-0.4, -0.2) is 28.5 Å². The van der Waals surface area contributed by atoms with Crippen LogP contribution in [0, 0.1) is 12.7 Å². The number of halogens is 3. The Bertz CT molecular complexity index is 1400. The van der Waals surface area contributed by atoms with Crippen molar-refractivity contribution >= 4 is 68.1 Å². The van der Waals surface area contributed by atoms with Gasteiger partial charge in [-0.05, 0) is 66.7 Å². The van der Waals surface area contributed by atoms with E-state index in [-0.39, 0.29) is 17.3 Å². The summed E-state index contributed by atoms with van der Waals surface area (Å²) >= 11 is 10.2. The highest BCUT2D eigenvalue weighted by Crippen LogP contribution is 2.35. The molecule has 3 amide bonds.